The average molecular weight is 474 g/mol. The molecule has 0 radical (unpaired) electrons. The molecule has 0 spiro atoms. The molecule has 3 aromatic carbocycles. The van der Waals surface area contributed by atoms with E-state index in [0.717, 1.165) is 11.1 Å². The van der Waals surface area contributed by atoms with Crippen LogP contribution in [0.1, 0.15) is 28.3 Å². The van der Waals surface area contributed by atoms with Crippen LogP contribution >= 0.6 is 0 Å². The lowest BCUT2D eigenvalue weighted by molar-refractivity contribution is -0.132. The van der Waals surface area contributed by atoms with Crippen molar-refractivity contribution >= 4 is 23.1 Å². The van der Waals surface area contributed by atoms with E-state index < -0.39 is 17.7 Å². The highest BCUT2D eigenvalue weighted by molar-refractivity contribution is 6.51. The fraction of sp³-hybridized carbons (Fsp3) is 0.214. The molecule has 1 saturated heterocycles. The van der Waals surface area contributed by atoms with Crippen LogP contribution in [0.25, 0.3) is 5.76 Å². The predicted molar refractivity (Wildman–Crippen MR) is 133 cm³/mol. The fourth-order valence-electron chi connectivity index (χ4n) is 4.21. The summed E-state index contributed by atoms with van der Waals surface area (Å²) in [5.74, 6) is -0.270. The van der Waals surface area contributed by atoms with Crippen LogP contribution in [0.5, 0.6) is 17.2 Å². The van der Waals surface area contributed by atoms with E-state index in [-0.39, 0.29) is 11.3 Å². The van der Waals surface area contributed by atoms with Gasteiger partial charge in [0, 0.05) is 11.3 Å². The first-order valence-electron chi connectivity index (χ1n) is 11.0. The molecule has 1 fully saturated rings. The van der Waals surface area contributed by atoms with Gasteiger partial charge in [0.05, 0.1) is 32.9 Å². The zero-order valence-electron chi connectivity index (χ0n) is 20.3. The first kappa shape index (κ1) is 23.9. The monoisotopic (exact) mass is 473 g/mol. The Morgan fingerprint density at radius 3 is 2.09 bits per heavy atom. The van der Waals surface area contributed by atoms with Crippen molar-refractivity contribution in [2.45, 2.75) is 19.9 Å². The molecule has 1 heterocycles. The van der Waals surface area contributed by atoms with Gasteiger partial charge in [-0.25, -0.2) is 0 Å². The number of rotatable bonds is 6. The Balaban J connectivity index is 1.94. The van der Waals surface area contributed by atoms with Gasteiger partial charge >= 0.3 is 0 Å². The molecule has 35 heavy (non-hydrogen) atoms. The predicted octanol–water partition coefficient (Wildman–Crippen LogP) is 4.96. The van der Waals surface area contributed by atoms with E-state index >= 15 is 0 Å². The number of amides is 1. The molecule has 7 nitrogen and oxygen atoms in total. The number of carbonyl (C=O) groups is 2. The summed E-state index contributed by atoms with van der Waals surface area (Å²) in [5, 5.41) is 11.3. The van der Waals surface area contributed by atoms with Crippen LogP contribution in [0.3, 0.4) is 0 Å². The van der Waals surface area contributed by atoms with Gasteiger partial charge in [-0.2, -0.15) is 0 Å². The molecule has 3 aromatic rings. The van der Waals surface area contributed by atoms with Crippen molar-refractivity contribution in [3.05, 3.63) is 88.5 Å². The zero-order chi connectivity index (χ0) is 25.3. The van der Waals surface area contributed by atoms with Gasteiger partial charge in [-0.1, -0.05) is 18.2 Å². The standard InChI is InChI=1S/C28H27NO6/c1-16-6-10-20(14-17(16)2)29-25(18-7-11-21(33-3)12-8-18)24(27(31)28(29)32)26(30)19-9-13-22(34-4)23(15-19)35-5/h6-15,25,30H,1-5H3/b26-24+. The number of hydrogen-bond acceptors (Lipinski definition) is 6. The number of methoxy groups -OCH3 is 3. The van der Waals surface area contributed by atoms with Crippen molar-refractivity contribution < 1.29 is 28.9 Å². The maximum Gasteiger partial charge on any atom is 0.300 e. The molecule has 1 amide bonds. The molecule has 0 bridgehead atoms. The van der Waals surface area contributed by atoms with E-state index in [4.69, 9.17) is 14.2 Å². The summed E-state index contributed by atoms with van der Waals surface area (Å²) in [6.07, 6.45) is 0. The number of aliphatic hydroxyl groups is 1. The number of ether oxygens (including phenoxy) is 3. The number of Topliss-reactive ketones (excluding diaryl/α,β-unsaturated/α-hetero) is 1. The van der Waals surface area contributed by atoms with Gasteiger partial charge in [-0.15, -0.1) is 0 Å². The number of ketones is 1. The number of nitrogens with zero attached hydrogens (tertiary/aromatic N) is 1. The number of hydrogen-bond donors (Lipinski definition) is 1. The van der Waals surface area contributed by atoms with Crippen molar-refractivity contribution in [2.24, 2.45) is 0 Å². The maximum atomic E-state index is 13.4. The van der Waals surface area contributed by atoms with Crippen molar-refractivity contribution in [3.63, 3.8) is 0 Å². The molecule has 0 aliphatic carbocycles. The van der Waals surface area contributed by atoms with Crippen LogP contribution in [0, 0.1) is 13.8 Å². The summed E-state index contributed by atoms with van der Waals surface area (Å²) in [4.78, 5) is 28.1. The Hall–Kier alpha value is -4.26. The summed E-state index contributed by atoms with van der Waals surface area (Å²) in [6.45, 7) is 3.92. The van der Waals surface area contributed by atoms with Gasteiger partial charge in [-0.05, 0) is 73.0 Å². The van der Waals surface area contributed by atoms with Gasteiger partial charge in [-0.3, -0.25) is 14.5 Å². The lowest BCUT2D eigenvalue weighted by Gasteiger charge is -2.26. The number of anilines is 1. The Bertz CT molecular complexity index is 1330. The number of aliphatic hydroxyl groups excluding tert-OH is 1. The van der Waals surface area contributed by atoms with Crippen LogP contribution in [0.15, 0.2) is 66.2 Å². The molecule has 4 rings (SSSR count). The lowest BCUT2D eigenvalue weighted by atomic mass is 9.94. The van der Waals surface area contributed by atoms with Gasteiger partial charge in [0.15, 0.2) is 11.5 Å². The topological polar surface area (TPSA) is 85.3 Å². The fourth-order valence-corrected chi connectivity index (χ4v) is 4.21. The van der Waals surface area contributed by atoms with Gasteiger partial charge in [0.2, 0.25) is 0 Å². The maximum absolute atomic E-state index is 13.4. The van der Waals surface area contributed by atoms with Crippen LogP contribution in [-0.4, -0.2) is 38.1 Å². The third kappa shape index (κ3) is 4.21. The van der Waals surface area contributed by atoms with Crippen LogP contribution in [-0.2, 0) is 9.59 Å². The van der Waals surface area contributed by atoms with Crippen LogP contribution < -0.4 is 19.1 Å². The molecular weight excluding hydrogens is 446 g/mol. The first-order valence-corrected chi connectivity index (χ1v) is 11.0. The smallest absolute Gasteiger partial charge is 0.300 e. The van der Waals surface area contributed by atoms with E-state index in [9.17, 15) is 14.7 Å². The molecule has 1 aliphatic heterocycles. The van der Waals surface area contributed by atoms with Crippen molar-refractivity contribution in [3.8, 4) is 17.2 Å². The van der Waals surface area contributed by atoms with Gasteiger partial charge < -0.3 is 19.3 Å². The average Bonchev–Trinajstić information content (AvgIpc) is 3.15. The van der Waals surface area contributed by atoms with E-state index in [0.29, 0.717) is 34.1 Å². The largest absolute Gasteiger partial charge is 0.507 e. The van der Waals surface area contributed by atoms with E-state index in [2.05, 4.69) is 0 Å². The van der Waals surface area contributed by atoms with Crippen LogP contribution in [0.4, 0.5) is 5.69 Å². The zero-order valence-corrected chi connectivity index (χ0v) is 20.3. The van der Waals surface area contributed by atoms with E-state index in [1.54, 1.807) is 55.6 Å². The molecule has 1 unspecified atom stereocenters. The van der Waals surface area contributed by atoms with Crippen molar-refractivity contribution in [2.75, 3.05) is 26.2 Å². The molecular formula is C28H27NO6. The second-order valence-electron chi connectivity index (χ2n) is 8.28. The minimum absolute atomic E-state index is 0.00869. The third-order valence-electron chi connectivity index (χ3n) is 6.30. The first-order chi connectivity index (χ1) is 16.8. The SMILES string of the molecule is COc1ccc(C2/C(=C(\O)c3ccc(OC)c(OC)c3)C(=O)C(=O)N2c2ccc(C)c(C)c2)cc1. The second-order valence-corrected chi connectivity index (χ2v) is 8.28. The lowest BCUT2D eigenvalue weighted by Crippen LogP contribution is -2.29. The summed E-state index contributed by atoms with van der Waals surface area (Å²) in [7, 11) is 4.56. The van der Waals surface area contributed by atoms with E-state index in [1.807, 2.05) is 26.0 Å². The molecule has 0 saturated carbocycles. The molecule has 0 aromatic heterocycles. The van der Waals surface area contributed by atoms with Crippen LogP contribution in [0.2, 0.25) is 0 Å². The summed E-state index contributed by atoms with van der Waals surface area (Å²) < 4.78 is 15.9. The number of aryl methyl sites for hydroxylation is 2. The normalized spacial score (nSPS) is 16.9. The highest BCUT2D eigenvalue weighted by Crippen LogP contribution is 2.43. The number of carbonyl (C=O) groups excluding carboxylic acids is 2. The molecule has 1 atom stereocenters. The van der Waals surface area contributed by atoms with Crippen molar-refractivity contribution in [1.29, 1.82) is 0 Å². The summed E-state index contributed by atoms with van der Waals surface area (Å²) in [6, 6.07) is 16.6. The Morgan fingerprint density at radius 1 is 0.800 bits per heavy atom. The quantitative estimate of drug-likeness (QED) is 0.310. The highest BCUT2D eigenvalue weighted by Gasteiger charge is 2.47. The summed E-state index contributed by atoms with van der Waals surface area (Å²) in [5.41, 5.74) is 3.60. The minimum Gasteiger partial charge on any atom is -0.507 e. The Kier molecular flexibility index (Phi) is 6.51. The molecule has 180 valence electrons. The highest BCUT2D eigenvalue weighted by atomic mass is 16.5. The molecule has 1 N–H and O–H groups in total. The third-order valence-corrected chi connectivity index (χ3v) is 6.30. The molecule has 1 aliphatic rings. The van der Waals surface area contributed by atoms with Gasteiger partial charge in [0.25, 0.3) is 11.7 Å². The Labute approximate surface area is 204 Å². The summed E-state index contributed by atoms with van der Waals surface area (Å²) >= 11 is 0. The molecule has 7 heteroatoms. The Morgan fingerprint density at radius 2 is 1.49 bits per heavy atom. The van der Waals surface area contributed by atoms with E-state index in [1.165, 1.54) is 19.1 Å². The minimum atomic E-state index is -0.837. The van der Waals surface area contributed by atoms with Crippen molar-refractivity contribution in [1.82, 2.24) is 0 Å². The number of benzene rings is 3. The second kappa shape index (κ2) is 9.54. The van der Waals surface area contributed by atoms with Gasteiger partial charge in [0.1, 0.15) is 11.5 Å².